The first kappa shape index (κ1) is 15.0. The van der Waals surface area contributed by atoms with Gasteiger partial charge in [0.25, 0.3) is 0 Å². The third-order valence-electron chi connectivity index (χ3n) is 3.76. The molecular formula is C19H18N2O2. The Balaban J connectivity index is 2.13. The van der Waals surface area contributed by atoms with E-state index in [4.69, 9.17) is 5.11 Å². The Morgan fingerprint density at radius 2 is 1.87 bits per heavy atom. The molecule has 2 N–H and O–H groups in total. The van der Waals surface area contributed by atoms with Crippen LogP contribution in [0.2, 0.25) is 0 Å². The van der Waals surface area contributed by atoms with Gasteiger partial charge in [0.05, 0.1) is 11.1 Å². The lowest BCUT2D eigenvalue weighted by Crippen LogP contribution is -1.99. The summed E-state index contributed by atoms with van der Waals surface area (Å²) in [6.45, 7) is 6.06. The molecule has 0 fully saturated rings. The molecule has 0 atom stereocenters. The van der Waals surface area contributed by atoms with Crippen molar-refractivity contribution >= 4 is 28.2 Å². The highest BCUT2D eigenvalue weighted by atomic mass is 16.4. The molecular weight excluding hydrogens is 288 g/mol. The van der Waals surface area contributed by atoms with Crippen LogP contribution >= 0.6 is 0 Å². The van der Waals surface area contributed by atoms with Gasteiger partial charge < -0.3 is 10.4 Å². The number of anilines is 2. The second-order valence-corrected chi connectivity index (χ2v) is 5.80. The molecule has 0 unspecified atom stereocenters. The number of nitrogens with zero attached hydrogens (tertiary/aromatic N) is 1. The van der Waals surface area contributed by atoms with E-state index in [1.165, 1.54) is 5.56 Å². The summed E-state index contributed by atoms with van der Waals surface area (Å²) in [5, 5.41) is 13.5. The molecule has 0 radical (unpaired) electrons. The largest absolute Gasteiger partial charge is 0.478 e. The fraction of sp³-hybridized carbons (Fsp3) is 0.158. The minimum Gasteiger partial charge on any atom is -0.478 e. The average Bonchev–Trinajstić information content (AvgIpc) is 2.49. The Bertz CT molecular complexity index is 917. The van der Waals surface area contributed by atoms with E-state index in [1.54, 1.807) is 18.2 Å². The van der Waals surface area contributed by atoms with Gasteiger partial charge in [0.15, 0.2) is 0 Å². The van der Waals surface area contributed by atoms with E-state index in [0.29, 0.717) is 0 Å². The van der Waals surface area contributed by atoms with Gasteiger partial charge >= 0.3 is 5.97 Å². The Kier molecular flexibility index (Phi) is 3.74. The van der Waals surface area contributed by atoms with Crippen molar-refractivity contribution in [2.24, 2.45) is 0 Å². The number of nitrogens with one attached hydrogen (secondary N) is 1. The molecule has 0 spiro atoms. The van der Waals surface area contributed by atoms with Crippen LogP contribution in [-0.4, -0.2) is 16.1 Å². The average molecular weight is 306 g/mol. The number of aryl methyl sites for hydroxylation is 3. The number of rotatable bonds is 3. The zero-order chi connectivity index (χ0) is 16.6. The minimum absolute atomic E-state index is 0.262. The van der Waals surface area contributed by atoms with Crippen molar-refractivity contribution < 1.29 is 9.90 Å². The highest BCUT2D eigenvalue weighted by molar-refractivity contribution is 5.96. The highest BCUT2D eigenvalue weighted by Gasteiger charge is 2.09. The number of hydrogen-bond donors (Lipinski definition) is 2. The maximum absolute atomic E-state index is 11.1. The fourth-order valence-electron chi connectivity index (χ4n) is 2.80. The van der Waals surface area contributed by atoms with Crippen molar-refractivity contribution in [2.75, 3.05) is 5.32 Å². The van der Waals surface area contributed by atoms with Crippen LogP contribution < -0.4 is 5.32 Å². The van der Waals surface area contributed by atoms with Gasteiger partial charge in [-0.1, -0.05) is 17.7 Å². The second-order valence-electron chi connectivity index (χ2n) is 5.80. The van der Waals surface area contributed by atoms with Crippen LogP contribution in [0.15, 0.2) is 42.5 Å². The quantitative estimate of drug-likeness (QED) is 0.742. The number of benzene rings is 2. The summed E-state index contributed by atoms with van der Waals surface area (Å²) >= 11 is 0. The minimum atomic E-state index is -0.934. The number of hydrogen-bond acceptors (Lipinski definition) is 3. The summed E-state index contributed by atoms with van der Waals surface area (Å²) in [6.07, 6.45) is 0. The second kappa shape index (κ2) is 5.72. The van der Waals surface area contributed by atoms with Crippen LogP contribution in [0.25, 0.3) is 10.9 Å². The van der Waals surface area contributed by atoms with Gasteiger partial charge in [0, 0.05) is 22.5 Å². The monoisotopic (exact) mass is 306 g/mol. The molecule has 0 aliphatic rings. The number of aromatic carboxylic acids is 1. The Morgan fingerprint density at radius 3 is 2.61 bits per heavy atom. The number of carbonyl (C=O) groups is 1. The lowest BCUT2D eigenvalue weighted by molar-refractivity contribution is 0.0697. The van der Waals surface area contributed by atoms with Gasteiger partial charge in [-0.15, -0.1) is 0 Å². The summed E-state index contributed by atoms with van der Waals surface area (Å²) in [6, 6.07) is 13.0. The van der Waals surface area contributed by atoms with Crippen LogP contribution in [-0.2, 0) is 0 Å². The first-order valence-electron chi connectivity index (χ1n) is 7.43. The normalized spacial score (nSPS) is 10.7. The molecule has 0 aliphatic heterocycles. The molecule has 4 heteroatoms. The van der Waals surface area contributed by atoms with Crippen molar-refractivity contribution in [3.63, 3.8) is 0 Å². The lowest BCUT2D eigenvalue weighted by atomic mass is 10.0. The predicted octanol–water partition coefficient (Wildman–Crippen LogP) is 4.60. The molecule has 2 aromatic carbocycles. The van der Waals surface area contributed by atoms with E-state index in [2.05, 4.69) is 36.3 Å². The van der Waals surface area contributed by atoms with Crippen molar-refractivity contribution in [2.45, 2.75) is 20.8 Å². The molecule has 4 nitrogen and oxygen atoms in total. The molecule has 0 amide bonds. The van der Waals surface area contributed by atoms with E-state index in [0.717, 1.165) is 33.5 Å². The SMILES string of the molecule is Cc1cc(C)c2nc(C)cc(Nc3cccc(C(=O)O)c3)c2c1. The molecule has 0 saturated carbocycles. The third-order valence-corrected chi connectivity index (χ3v) is 3.76. The number of fused-ring (bicyclic) bond motifs is 1. The molecule has 3 aromatic rings. The molecule has 0 aliphatic carbocycles. The summed E-state index contributed by atoms with van der Waals surface area (Å²) < 4.78 is 0. The summed E-state index contributed by atoms with van der Waals surface area (Å²) in [5.41, 5.74) is 6.12. The van der Waals surface area contributed by atoms with Crippen LogP contribution in [0, 0.1) is 20.8 Å². The highest BCUT2D eigenvalue weighted by Crippen LogP contribution is 2.29. The van der Waals surface area contributed by atoms with Gasteiger partial charge in [-0.2, -0.15) is 0 Å². The van der Waals surface area contributed by atoms with E-state index < -0.39 is 5.97 Å². The van der Waals surface area contributed by atoms with E-state index in [-0.39, 0.29) is 5.56 Å². The van der Waals surface area contributed by atoms with Gasteiger partial charge in [-0.05, 0) is 56.7 Å². The molecule has 1 heterocycles. The molecule has 23 heavy (non-hydrogen) atoms. The molecule has 0 bridgehead atoms. The summed E-state index contributed by atoms with van der Waals surface area (Å²) in [7, 11) is 0. The van der Waals surface area contributed by atoms with Crippen LogP contribution in [0.3, 0.4) is 0 Å². The molecule has 0 saturated heterocycles. The van der Waals surface area contributed by atoms with Crippen molar-refractivity contribution in [3.05, 3.63) is 64.8 Å². The lowest BCUT2D eigenvalue weighted by Gasteiger charge is -2.13. The first-order valence-corrected chi connectivity index (χ1v) is 7.43. The Labute approximate surface area is 134 Å². The number of carboxylic acid groups (broad SMARTS) is 1. The predicted molar refractivity (Wildman–Crippen MR) is 92.6 cm³/mol. The van der Waals surface area contributed by atoms with Gasteiger partial charge in [-0.3, -0.25) is 4.98 Å². The maximum atomic E-state index is 11.1. The summed E-state index contributed by atoms with van der Waals surface area (Å²) in [4.78, 5) is 15.8. The van der Waals surface area contributed by atoms with Crippen LogP contribution in [0.5, 0.6) is 0 Å². The number of aromatic nitrogens is 1. The maximum Gasteiger partial charge on any atom is 0.335 e. The van der Waals surface area contributed by atoms with E-state index in [9.17, 15) is 4.79 Å². The fourth-order valence-corrected chi connectivity index (χ4v) is 2.80. The standard InChI is InChI=1S/C19H18N2O2/c1-11-7-12(2)18-16(8-11)17(9-13(3)20-18)21-15-6-4-5-14(10-15)19(22)23/h4-10H,1-3H3,(H,20,21)(H,22,23). The zero-order valence-electron chi connectivity index (χ0n) is 13.3. The zero-order valence-corrected chi connectivity index (χ0v) is 13.3. The third kappa shape index (κ3) is 3.01. The Hall–Kier alpha value is -2.88. The smallest absolute Gasteiger partial charge is 0.335 e. The van der Waals surface area contributed by atoms with Crippen LogP contribution in [0.4, 0.5) is 11.4 Å². The molecule has 1 aromatic heterocycles. The van der Waals surface area contributed by atoms with Crippen LogP contribution in [0.1, 0.15) is 27.2 Å². The molecule has 3 rings (SSSR count). The number of pyridine rings is 1. The topological polar surface area (TPSA) is 62.2 Å². The molecule has 116 valence electrons. The van der Waals surface area contributed by atoms with E-state index >= 15 is 0 Å². The first-order chi connectivity index (χ1) is 10.9. The van der Waals surface area contributed by atoms with Gasteiger partial charge in [0.1, 0.15) is 0 Å². The van der Waals surface area contributed by atoms with Gasteiger partial charge in [-0.25, -0.2) is 4.79 Å². The number of carboxylic acids is 1. The van der Waals surface area contributed by atoms with Crippen molar-refractivity contribution in [3.8, 4) is 0 Å². The van der Waals surface area contributed by atoms with Crippen molar-refractivity contribution in [1.82, 2.24) is 4.98 Å². The van der Waals surface area contributed by atoms with E-state index in [1.807, 2.05) is 19.1 Å². The van der Waals surface area contributed by atoms with Gasteiger partial charge in [0.2, 0.25) is 0 Å². The Morgan fingerprint density at radius 1 is 1.09 bits per heavy atom. The van der Waals surface area contributed by atoms with Crippen molar-refractivity contribution in [1.29, 1.82) is 0 Å². The summed E-state index contributed by atoms with van der Waals surface area (Å²) in [5.74, 6) is -0.934.